The molecule has 1 unspecified atom stereocenters. The molecule has 196 valence electrons. The second-order valence-corrected chi connectivity index (χ2v) is 9.87. The number of rotatable bonds is 10. The highest BCUT2D eigenvalue weighted by Crippen LogP contribution is 2.39. The van der Waals surface area contributed by atoms with E-state index in [4.69, 9.17) is 26.8 Å². The molecule has 10 heteroatoms. The highest BCUT2D eigenvalue weighted by Gasteiger charge is 2.40. The maximum Gasteiger partial charge on any atom is 0.407 e. The summed E-state index contributed by atoms with van der Waals surface area (Å²) in [4.78, 5) is 25.2. The molecule has 2 amide bonds. The number of nitrogens with one attached hydrogen (secondary N) is 1. The minimum absolute atomic E-state index is 0.106. The van der Waals surface area contributed by atoms with Crippen LogP contribution in [0.1, 0.15) is 50.2 Å². The van der Waals surface area contributed by atoms with Gasteiger partial charge in [0.05, 0.1) is 19.8 Å². The van der Waals surface area contributed by atoms with Crippen LogP contribution < -0.4 is 11.1 Å². The number of amides is 2. The molecule has 2 aliphatic rings. The number of hydrogen-bond donors (Lipinski definition) is 3. The summed E-state index contributed by atoms with van der Waals surface area (Å²) in [5, 5.41) is 13.2. The number of alkyl carbamates (subject to hydrolysis) is 1. The molecule has 0 aliphatic carbocycles. The summed E-state index contributed by atoms with van der Waals surface area (Å²) >= 11 is 6.29. The van der Waals surface area contributed by atoms with Crippen molar-refractivity contribution in [3.8, 4) is 0 Å². The molecule has 0 aromatic heterocycles. The number of halogens is 1. The Morgan fingerprint density at radius 2 is 2.14 bits per heavy atom. The number of piperidine rings is 1. The van der Waals surface area contributed by atoms with Crippen molar-refractivity contribution >= 4 is 23.8 Å². The summed E-state index contributed by atoms with van der Waals surface area (Å²) in [5.41, 5.74) is 7.48. The minimum Gasteiger partial charge on any atom is -0.465 e. The predicted octanol–water partition coefficient (Wildman–Crippen LogP) is 4.05. The van der Waals surface area contributed by atoms with Crippen LogP contribution >= 0.6 is 11.6 Å². The van der Waals surface area contributed by atoms with Gasteiger partial charge in [0.15, 0.2) is 0 Å². The van der Waals surface area contributed by atoms with Gasteiger partial charge in [0, 0.05) is 49.3 Å². The zero-order valence-corrected chi connectivity index (χ0v) is 21.1. The van der Waals surface area contributed by atoms with E-state index in [2.05, 4.69) is 10.1 Å². The van der Waals surface area contributed by atoms with Gasteiger partial charge in [-0.3, -0.25) is 0 Å². The molecule has 2 aliphatic heterocycles. The highest BCUT2D eigenvalue weighted by molar-refractivity contribution is 6.30. The third-order valence-corrected chi connectivity index (χ3v) is 7.17. The Labute approximate surface area is 212 Å². The summed E-state index contributed by atoms with van der Waals surface area (Å²) in [6, 6.07) is 7.03. The molecule has 1 aromatic carbocycles. The van der Waals surface area contributed by atoms with Gasteiger partial charge in [-0.25, -0.2) is 9.59 Å². The van der Waals surface area contributed by atoms with Crippen molar-refractivity contribution in [2.24, 2.45) is 17.6 Å². The van der Waals surface area contributed by atoms with Crippen molar-refractivity contribution in [2.45, 2.75) is 56.7 Å². The molecule has 0 spiro atoms. The lowest BCUT2D eigenvalue weighted by Crippen LogP contribution is -2.52. The molecule has 4 N–H and O–H groups in total. The monoisotopic (exact) mass is 511 g/mol. The number of ether oxygens (including phenoxy) is 3. The van der Waals surface area contributed by atoms with Gasteiger partial charge >= 0.3 is 12.2 Å². The SMILES string of the molecule is COC(=O)NCCO[C@@H](c1cccc(Cl)c1)C1CCCN(C(=O)O)[C@@H]1C[C@@H](N)C[C@H]1CCCOC1. The van der Waals surface area contributed by atoms with E-state index in [1.54, 1.807) is 6.07 Å². The van der Waals surface area contributed by atoms with Crippen LogP contribution in [0.2, 0.25) is 5.02 Å². The number of benzene rings is 1. The first-order valence-electron chi connectivity index (χ1n) is 12.4. The average molecular weight is 512 g/mol. The predicted molar refractivity (Wildman–Crippen MR) is 133 cm³/mol. The molecule has 1 aromatic rings. The van der Waals surface area contributed by atoms with Crippen molar-refractivity contribution in [2.75, 3.05) is 40.0 Å². The van der Waals surface area contributed by atoms with Crippen LogP contribution in [-0.4, -0.2) is 74.3 Å². The van der Waals surface area contributed by atoms with Crippen molar-refractivity contribution in [1.82, 2.24) is 10.2 Å². The standard InChI is InChI=1S/C25H38ClN3O6/c1-33-24(30)28-9-12-35-23(18-6-2-7-19(26)14-18)21-8-3-10-29(25(31)32)22(21)15-20(27)13-17-5-4-11-34-16-17/h2,6-7,14,17,20-23H,3-5,8-13,15-16,27H2,1H3,(H,28,30)(H,31,32)/t17-,20+,21?,22-,23+/m1/s1. The number of methoxy groups -OCH3 is 1. The molecular formula is C25H38ClN3O6. The molecular weight excluding hydrogens is 474 g/mol. The first kappa shape index (κ1) is 27.5. The van der Waals surface area contributed by atoms with Crippen LogP contribution in [0.4, 0.5) is 9.59 Å². The molecule has 0 radical (unpaired) electrons. The van der Waals surface area contributed by atoms with Gasteiger partial charge in [-0.2, -0.15) is 0 Å². The summed E-state index contributed by atoms with van der Waals surface area (Å²) in [6.45, 7) is 2.50. The van der Waals surface area contributed by atoms with E-state index in [-0.39, 0.29) is 31.2 Å². The lowest BCUT2D eigenvalue weighted by molar-refractivity contribution is -0.0411. The quantitative estimate of drug-likeness (QED) is 0.405. The van der Waals surface area contributed by atoms with Crippen molar-refractivity contribution in [3.63, 3.8) is 0 Å². The second kappa shape index (κ2) is 13.9. The number of carboxylic acid groups (broad SMARTS) is 1. The van der Waals surface area contributed by atoms with E-state index < -0.39 is 18.3 Å². The maximum atomic E-state index is 12.2. The lowest BCUT2D eigenvalue weighted by atomic mass is 9.78. The fourth-order valence-corrected chi connectivity index (χ4v) is 5.57. The third-order valence-electron chi connectivity index (χ3n) is 6.93. The average Bonchev–Trinajstić information content (AvgIpc) is 2.84. The molecule has 2 heterocycles. The Kier molecular flexibility index (Phi) is 10.9. The second-order valence-electron chi connectivity index (χ2n) is 9.43. The van der Waals surface area contributed by atoms with Gasteiger partial charge in [0.25, 0.3) is 0 Å². The maximum absolute atomic E-state index is 12.2. The lowest BCUT2D eigenvalue weighted by Gasteiger charge is -2.44. The van der Waals surface area contributed by atoms with E-state index in [0.29, 0.717) is 30.5 Å². The van der Waals surface area contributed by atoms with Gasteiger partial charge in [0.1, 0.15) is 0 Å². The Hall–Kier alpha value is -2.07. The number of nitrogens with zero attached hydrogens (tertiary/aromatic N) is 1. The highest BCUT2D eigenvalue weighted by atomic mass is 35.5. The van der Waals surface area contributed by atoms with Gasteiger partial charge < -0.3 is 35.3 Å². The fourth-order valence-electron chi connectivity index (χ4n) is 5.37. The zero-order chi connectivity index (χ0) is 25.2. The van der Waals surface area contributed by atoms with E-state index >= 15 is 0 Å². The van der Waals surface area contributed by atoms with E-state index in [9.17, 15) is 14.7 Å². The smallest absolute Gasteiger partial charge is 0.407 e. The van der Waals surface area contributed by atoms with Crippen LogP contribution in [0.5, 0.6) is 0 Å². The molecule has 2 saturated heterocycles. The van der Waals surface area contributed by atoms with Crippen LogP contribution in [0.15, 0.2) is 24.3 Å². The fraction of sp³-hybridized carbons (Fsp3) is 0.680. The summed E-state index contributed by atoms with van der Waals surface area (Å²) in [7, 11) is 1.31. The first-order chi connectivity index (χ1) is 16.9. The zero-order valence-electron chi connectivity index (χ0n) is 20.4. The summed E-state index contributed by atoms with van der Waals surface area (Å²) in [6.07, 6.45) is 3.15. The molecule has 0 bridgehead atoms. The van der Waals surface area contributed by atoms with E-state index in [0.717, 1.165) is 44.3 Å². The Morgan fingerprint density at radius 1 is 1.31 bits per heavy atom. The number of carbonyl (C=O) groups excluding carboxylic acids is 1. The Balaban J connectivity index is 1.79. The van der Waals surface area contributed by atoms with Gasteiger partial charge in [-0.15, -0.1) is 0 Å². The summed E-state index contributed by atoms with van der Waals surface area (Å²) < 4.78 is 16.5. The van der Waals surface area contributed by atoms with Crippen molar-refractivity contribution < 1.29 is 28.9 Å². The van der Waals surface area contributed by atoms with Crippen molar-refractivity contribution in [3.05, 3.63) is 34.9 Å². The van der Waals surface area contributed by atoms with Gasteiger partial charge in [-0.1, -0.05) is 23.7 Å². The molecule has 9 nitrogen and oxygen atoms in total. The van der Waals surface area contributed by atoms with Crippen molar-refractivity contribution in [1.29, 1.82) is 0 Å². The first-order valence-corrected chi connectivity index (χ1v) is 12.8. The van der Waals surface area contributed by atoms with Crippen LogP contribution in [0, 0.1) is 11.8 Å². The van der Waals surface area contributed by atoms with Crippen LogP contribution in [0.25, 0.3) is 0 Å². The molecule has 5 atom stereocenters. The van der Waals surface area contributed by atoms with Crippen LogP contribution in [0.3, 0.4) is 0 Å². The number of carbonyl (C=O) groups is 2. The van der Waals surface area contributed by atoms with E-state index in [1.807, 2.05) is 18.2 Å². The normalized spacial score (nSPS) is 24.4. The summed E-state index contributed by atoms with van der Waals surface area (Å²) in [5.74, 6) is 0.300. The molecule has 0 saturated carbocycles. The van der Waals surface area contributed by atoms with Crippen LogP contribution in [-0.2, 0) is 14.2 Å². The minimum atomic E-state index is -0.940. The topological polar surface area (TPSA) is 123 Å². The van der Waals surface area contributed by atoms with Gasteiger partial charge in [-0.05, 0) is 62.1 Å². The van der Waals surface area contributed by atoms with Gasteiger partial charge in [0.2, 0.25) is 0 Å². The van der Waals surface area contributed by atoms with E-state index in [1.165, 1.54) is 12.0 Å². The number of likely N-dealkylation sites (tertiary alicyclic amines) is 1. The Bertz CT molecular complexity index is 822. The molecule has 3 rings (SSSR count). The third kappa shape index (κ3) is 8.24. The number of hydrogen-bond acceptors (Lipinski definition) is 6. The number of nitrogens with two attached hydrogens (primary N) is 1. The molecule has 2 fully saturated rings. The largest absolute Gasteiger partial charge is 0.465 e. The molecule has 35 heavy (non-hydrogen) atoms. The Morgan fingerprint density at radius 3 is 2.83 bits per heavy atom.